The predicted molar refractivity (Wildman–Crippen MR) is 241 cm³/mol. The molecule has 0 radical (unpaired) electrons. The number of oxazole rings is 1. The molecule has 0 fully saturated rings. The molecule has 9 aromatic carbocycles. The van der Waals surface area contributed by atoms with Crippen molar-refractivity contribution < 1.29 is 4.42 Å². The molecule has 5 heteroatoms. The van der Waals surface area contributed by atoms with Gasteiger partial charge in [0.1, 0.15) is 5.52 Å². The van der Waals surface area contributed by atoms with E-state index in [1.165, 1.54) is 33.4 Å². The second-order valence-corrected chi connectivity index (χ2v) is 15.4. The molecule has 0 spiro atoms. The summed E-state index contributed by atoms with van der Waals surface area (Å²) in [7, 11) is 0. The van der Waals surface area contributed by atoms with Gasteiger partial charge in [-0.1, -0.05) is 176 Å². The summed E-state index contributed by atoms with van der Waals surface area (Å²) in [6.45, 7) is 0. The van der Waals surface area contributed by atoms with Crippen molar-refractivity contribution in [3.63, 3.8) is 0 Å². The quantitative estimate of drug-likeness (QED) is 0.158. The Morgan fingerprint density at radius 2 is 0.883 bits per heavy atom. The molecular weight excluding hydrogens is 733 g/mol. The van der Waals surface area contributed by atoms with E-state index in [0.29, 0.717) is 23.4 Å². The van der Waals surface area contributed by atoms with Gasteiger partial charge in [0.05, 0.1) is 5.41 Å². The molecule has 0 atom stereocenters. The van der Waals surface area contributed by atoms with E-state index in [9.17, 15) is 0 Å². The van der Waals surface area contributed by atoms with Crippen molar-refractivity contribution in [2.24, 2.45) is 0 Å². The minimum Gasteiger partial charge on any atom is -0.435 e. The van der Waals surface area contributed by atoms with E-state index in [4.69, 9.17) is 24.4 Å². The molecule has 280 valence electrons. The van der Waals surface area contributed by atoms with Crippen LogP contribution in [0, 0.1) is 0 Å². The Bertz CT molecular complexity index is 3380. The molecule has 0 aliphatic heterocycles. The number of rotatable bonds is 6. The molecule has 0 saturated carbocycles. The molecule has 0 bridgehead atoms. The van der Waals surface area contributed by atoms with Crippen LogP contribution in [0.15, 0.2) is 211 Å². The SMILES string of the molecule is c1ccc(-c2nc(-c3ccc4c(c3)C(c3ccccc3)(c3ccccc3)c3ccccc3-4)nc(-c3ccc4ccc5ccc6nc(-c7ccccc7)oc6c5c4c3)n2)cc1. The van der Waals surface area contributed by atoms with Crippen LogP contribution in [-0.2, 0) is 5.41 Å². The Morgan fingerprint density at radius 1 is 0.367 bits per heavy atom. The fraction of sp³-hybridized carbons (Fsp3) is 0.0182. The maximum absolute atomic E-state index is 6.56. The van der Waals surface area contributed by atoms with Gasteiger partial charge in [-0.2, -0.15) is 0 Å². The number of nitrogens with zero attached hydrogens (tertiary/aromatic N) is 4. The zero-order valence-electron chi connectivity index (χ0n) is 32.3. The summed E-state index contributed by atoms with van der Waals surface area (Å²) in [5.41, 5.74) is 12.0. The molecule has 2 aromatic heterocycles. The minimum absolute atomic E-state index is 0.547. The standard InChI is InChI=1S/C55H34N4O/c1-5-15-37(16-6-1)51-57-52(39-28-26-35-25-27-36-30-32-48-50(49(36)45(35)33-39)60-54(56-48)38-17-7-2-8-18-38)59-53(58-51)40-29-31-44-43-23-13-14-24-46(43)55(47(44)34-40,41-19-9-3-10-20-41)42-21-11-4-12-22-42/h1-34H. The van der Waals surface area contributed by atoms with Crippen molar-refractivity contribution in [3.8, 4) is 56.7 Å². The summed E-state index contributed by atoms with van der Waals surface area (Å²) >= 11 is 0. The number of benzene rings is 9. The molecule has 2 heterocycles. The first-order valence-electron chi connectivity index (χ1n) is 20.2. The zero-order chi connectivity index (χ0) is 39.6. The second kappa shape index (κ2) is 13.5. The van der Waals surface area contributed by atoms with E-state index in [0.717, 1.165) is 54.9 Å². The molecule has 0 unspecified atom stereocenters. The third-order valence-corrected chi connectivity index (χ3v) is 12.0. The van der Waals surface area contributed by atoms with Gasteiger partial charge in [-0.3, -0.25) is 0 Å². The van der Waals surface area contributed by atoms with Crippen molar-refractivity contribution in [3.05, 3.63) is 229 Å². The smallest absolute Gasteiger partial charge is 0.227 e. The monoisotopic (exact) mass is 766 g/mol. The van der Waals surface area contributed by atoms with E-state index in [-0.39, 0.29) is 0 Å². The lowest BCUT2D eigenvalue weighted by Gasteiger charge is -2.34. The molecule has 5 nitrogen and oxygen atoms in total. The van der Waals surface area contributed by atoms with Gasteiger partial charge in [-0.05, 0) is 79.9 Å². The summed E-state index contributed by atoms with van der Waals surface area (Å²) in [5, 5.41) is 4.21. The van der Waals surface area contributed by atoms with Gasteiger partial charge in [0.25, 0.3) is 0 Å². The maximum atomic E-state index is 6.56. The Hall–Kier alpha value is -8.02. The highest BCUT2D eigenvalue weighted by atomic mass is 16.3. The van der Waals surface area contributed by atoms with Crippen LogP contribution in [0.3, 0.4) is 0 Å². The van der Waals surface area contributed by atoms with Gasteiger partial charge < -0.3 is 4.42 Å². The van der Waals surface area contributed by atoms with Crippen LogP contribution in [0.1, 0.15) is 22.3 Å². The second-order valence-electron chi connectivity index (χ2n) is 15.4. The van der Waals surface area contributed by atoms with Crippen LogP contribution < -0.4 is 0 Å². The molecule has 0 saturated heterocycles. The largest absolute Gasteiger partial charge is 0.435 e. The predicted octanol–water partition coefficient (Wildman–Crippen LogP) is 13.4. The highest BCUT2D eigenvalue weighted by molar-refractivity contribution is 6.18. The van der Waals surface area contributed by atoms with Crippen LogP contribution in [0.25, 0.3) is 89.4 Å². The van der Waals surface area contributed by atoms with E-state index >= 15 is 0 Å². The van der Waals surface area contributed by atoms with E-state index in [1.807, 2.05) is 54.6 Å². The average molecular weight is 767 g/mol. The van der Waals surface area contributed by atoms with Gasteiger partial charge in [0.2, 0.25) is 5.89 Å². The topological polar surface area (TPSA) is 64.7 Å². The fourth-order valence-electron chi connectivity index (χ4n) is 9.30. The lowest BCUT2D eigenvalue weighted by Crippen LogP contribution is -2.28. The first-order chi connectivity index (χ1) is 29.7. The first kappa shape index (κ1) is 34.1. The minimum atomic E-state index is -0.547. The highest BCUT2D eigenvalue weighted by Gasteiger charge is 2.46. The summed E-state index contributed by atoms with van der Waals surface area (Å²) in [5.74, 6) is 2.41. The number of aromatic nitrogens is 4. The molecular formula is C55H34N4O. The number of hydrogen-bond acceptors (Lipinski definition) is 5. The van der Waals surface area contributed by atoms with E-state index < -0.39 is 5.41 Å². The lowest BCUT2D eigenvalue weighted by molar-refractivity contribution is 0.623. The van der Waals surface area contributed by atoms with Crippen LogP contribution in [0.2, 0.25) is 0 Å². The van der Waals surface area contributed by atoms with Crippen LogP contribution in [-0.4, -0.2) is 19.9 Å². The Balaban J connectivity index is 1.08. The van der Waals surface area contributed by atoms with Crippen molar-refractivity contribution in [1.29, 1.82) is 0 Å². The summed E-state index contributed by atoms with van der Waals surface area (Å²) in [6.07, 6.45) is 0. The van der Waals surface area contributed by atoms with Crippen LogP contribution >= 0.6 is 0 Å². The third kappa shape index (κ3) is 5.26. The van der Waals surface area contributed by atoms with Gasteiger partial charge in [-0.25, -0.2) is 19.9 Å². The number of hydrogen-bond donors (Lipinski definition) is 0. The van der Waals surface area contributed by atoms with Crippen LogP contribution in [0.5, 0.6) is 0 Å². The maximum Gasteiger partial charge on any atom is 0.227 e. The van der Waals surface area contributed by atoms with E-state index in [2.05, 4.69) is 152 Å². The molecule has 1 aliphatic carbocycles. The Morgan fingerprint density at radius 3 is 1.58 bits per heavy atom. The first-order valence-corrected chi connectivity index (χ1v) is 20.2. The van der Waals surface area contributed by atoms with Crippen molar-refractivity contribution >= 4 is 32.6 Å². The molecule has 0 amide bonds. The normalized spacial score (nSPS) is 12.8. The third-order valence-electron chi connectivity index (χ3n) is 12.0. The van der Waals surface area contributed by atoms with E-state index in [1.54, 1.807) is 0 Å². The Kier molecular flexibility index (Phi) is 7.69. The number of fused-ring (bicyclic) bond motifs is 8. The molecule has 60 heavy (non-hydrogen) atoms. The summed E-state index contributed by atoms with van der Waals surface area (Å²) in [4.78, 5) is 20.6. The average Bonchev–Trinajstić information content (AvgIpc) is 3.90. The molecule has 0 N–H and O–H groups in total. The summed E-state index contributed by atoms with van der Waals surface area (Å²) in [6, 6.07) is 72.3. The zero-order valence-corrected chi connectivity index (χ0v) is 32.3. The van der Waals surface area contributed by atoms with Gasteiger partial charge >= 0.3 is 0 Å². The molecule has 12 rings (SSSR count). The van der Waals surface area contributed by atoms with Gasteiger partial charge in [-0.15, -0.1) is 0 Å². The highest BCUT2D eigenvalue weighted by Crippen LogP contribution is 2.56. The van der Waals surface area contributed by atoms with Gasteiger partial charge in [0.15, 0.2) is 23.1 Å². The fourth-order valence-corrected chi connectivity index (χ4v) is 9.30. The van der Waals surface area contributed by atoms with Crippen molar-refractivity contribution in [2.45, 2.75) is 5.41 Å². The van der Waals surface area contributed by atoms with Crippen LogP contribution in [0.4, 0.5) is 0 Å². The molecule has 1 aliphatic rings. The Labute approximate surface area is 346 Å². The lowest BCUT2D eigenvalue weighted by atomic mass is 9.67. The summed E-state index contributed by atoms with van der Waals surface area (Å²) < 4.78 is 6.56. The van der Waals surface area contributed by atoms with Crippen molar-refractivity contribution in [2.75, 3.05) is 0 Å². The molecule has 11 aromatic rings. The van der Waals surface area contributed by atoms with Crippen molar-refractivity contribution in [1.82, 2.24) is 19.9 Å². The van der Waals surface area contributed by atoms with Gasteiger partial charge in [0, 0.05) is 27.6 Å².